The lowest BCUT2D eigenvalue weighted by Gasteiger charge is -2.24. The molecule has 150 valence electrons. The number of hydrogen-bond acceptors (Lipinski definition) is 6. The maximum Gasteiger partial charge on any atom is 0.301 e. The summed E-state index contributed by atoms with van der Waals surface area (Å²) in [5, 5.41) is 11.5. The number of anilines is 1. The normalized spacial score (nSPS) is 17.9. The third-order valence-corrected chi connectivity index (χ3v) is 4.99. The van der Waals surface area contributed by atoms with Crippen LogP contribution in [0.25, 0.3) is 5.76 Å². The number of rotatable bonds is 4. The first-order valence-corrected chi connectivity index (χ1v) is 9.36. The summed E-state index contributed by atoms with van der Waals surface area (Å²) in [5.74, 6) is -1.43. The Bertz CT molecular complexity index is 1150. The Kier molecular flexibility index (Phi) is 5.20. The number of hydrogen-bond donors (Lipinski definition) is 1. The highest BCUT2D eigenvalue weighted by Crippen LogP contribution is 2.42. The number of carbonyl (C=O) groups excluding carboxylic acids is 2. The van der Waals surface area contributed by atoms with Crippen LogP contribution in [0.1, 0.15) is 17.2 Å². The van der Waals surface area contributed by atoms with Crippen LogP contribution in [0.15, 0.2) is 72.7 Å². The molecule has 1 aromatic carbocycles. The van der Waals surface area contributed by atoms with Gasteiger partial charge in [0.25, 0.3) is 5.78 Å². The largest absolute Gasteiger partial charge is 0.507 e. The molecule has 1 aliphatic heterocycles. The summed E-state index contributed by atoms with van der Waals surface area (Å²) in [5.41, 5.74) is 0.655. The monoisotopic (exact) mass is 421 g/mol. The van der Waals surface area contributed by atoms with Gasteiger partial charge in [-0.2, -0.15) is 0 Å². The number of aliphatic hydroxyl groups is 1. The van der Waals surface area contributed by atoms with E-state index in [4.69, 9.17) is 16.3 Å². The van der Waals surface area contributed by atoms with E-state index in [0.717, 1.165) is 0 Å². The SMILES string of the molecule is COc1ccc(Cl)cc1C(O)=C1C(=O)C(=O)N(c2ccccn2)C1c1cccnc1. The predicted octanol–water partition coefficient (Wildman–Crippen LogP) is 3.76. The fourth-order valence-electron chi connectivity index (χ4n) is 3.43. The third-order valence-electron chi connectivity index (χ3n) is 4.76. The standard InChI is InChI=1S/C22H16ClN3O4/c1-30-16-8-7-14(23)11-15(16)20(27)18-19(13-5-4-9-24-12-13)26(22(29)21(18)28)17-6-2-3-10-25-17/h2-12,19,27H,1H3. The van der Waals surface area contributed by atoms with Crippen LogP contribution in [0.4, 0.5) is 5.82 Å². The number of ether oxygens (including phenoxy) is 1. The average molecular weight is 422 g/mol. The number of aliphatic hydroxyl groups excluding tert-OH is 1. The zero-order valence-corrected chi connectivity index (χ0v) is 16.6. The van der Waals surface area contributed by atoms with E-state index in [1.54, 1.807) is 48.7 Å². The number of benzene rings is 1. The lowest BCUT2D eigenvalue weighted by Crippen LogP contribution is -2.30. The van der Waals surface area contributed by atoms with E-state index >= 15 is 0 Å². The van der Waals surface area contributed by atoms with E-state index < -0.39 is 17.7 Å². The number of ketones is 1. The number of nitrogens with zero attached hydrogens (tertiary/aromatic N) is 3. The molecule has 0 radical (unpaired) electrons. The quantitative estimate of drug-likeness (QED) is 0.391. The van der Waals surface area contributed by atoms with Crippen molar-refractivity contribution in [1.82, 2.24) is 9.97 Å². The van der Waals surface area contributed by atoms with Gasteiger partial charge in [-0.1, -0.05) is 23.7 Å². The van der Waals surface area contributed by atoms with Crippen LogP contribution in [0.2, 0.25) is 5.02 Å². The lowest BCUT2D eigenvalue weighted by atomic mass is 9.96. The molecule has 0 aliphatic carbocycles. The topological polar surface area (TPSA) is 92.6 Å². The zero-order chi connectivity index (χ0) is 21.3. The number of carbonyl (C=O) groups is 2. The summed E-state index contributed by atoms with van der Waals surface area (Å²) < 4.78 is 5.31. The van der Waals surface area contributed by atoms with Crippen molar-refractivity contribution >= 4 is 34.9 Å². The first-order chi connectivity index (χ1) is 14.5. The Morgan fingerprint density at radius 1 is 1.13 bits per heavy atom. The summed E-state index contributed by atoms with van der Waals surface area (Å²) in [6.07, 6.45) is 4.64. The number of pyridine rings is 2. The molecule has 30 heavy (non-hydrogen) atoms. The molecule has 1 fully saturated rings. The molecule has 1 unspecified atom stereocenters. The van der Waals surface area contributed by atoms with Crippen molar-refractivity contribution in [3.8, 4) is 5.75 Å². The second-order valence-electron chi connectivity index (χ2n) is 6.49. The van der Waals surface area contributed by atoms with Gasteiger partial charge in [-0.05, 0) is 42.0 Å². The van der Waals surface area contributed by atoms with Gasteiger partial charge in [0, 0.05) is 23.6 Å². The maximum atomic E-state index is 13.0. The Labute approximate surface area is 177 Å². The van der Waals surface area contributed by atoms with E-state index in [9.17, 15) is 14.7 Å². The van der Waals surface area contributed by atoms with E-state index in [0.29, 0.717) is 16.3 Å². The number of methoxy groups -OCH3 is 1. The summed E-state index contributed by atoms with van der Waals surface area (Å²) >= 11 is 6.10. The van der Waals surface area contributed by atoms with Crippen LogP contribution >= 0.6 is 11.6 Å². The molecular weight excluding hydrogens is 406 g/mol. The Morgan fingerprint density at radius 2 is 1.97 bits per heavy atom. The Morgan fingerprint density at radius 3 is 2.63 bits per heavy atom. The molecule has 1 amide bonds. The van der Waals surface area contributed by atoms with Crippen molar-refractivity contribution < 1.29 is 19.4 Å². The molecule has 2 aromatic heterocycles. The van der Waals surface area contributed by atoms with Crippen LogP contribution in [-0.2, 0) is 9.59 Å². The van der Waals surface area contributed by atoms with Crippen molar-refractivity contribution in [3.05, 3.63) is 88.8 Å². The molecule has 0 saturated carbocycles. The first kappa shape index (κ1) is 19.6. The highest BCUT2D eigenvalue weighted by atomic mass is 35.5. The van der Waals surface area contributed by atoms with Gasteiger partial charge in [-0.25, -0.2) is 4.98 Å². The maximum absolute atomic E-state index is 13.0. The van der Waals surface area contributed by atoms with E-state index in [1.807, 2.05) is 0 Å². The molecule has 1 N–H and O–H groups in total. The van der Waals surface area contributed by atoms with E-state index in [1.165, 1.54) is 30.5 Å². The molecular formula is C22H16ClN3O4. The highest BCUT2D eigenvalue weighted by Gasteiger charge is 2.47. The summed E-state index contributed by atoms with van der Waals surface area (Å²) in [4.78, 5) is 35.6. The second kappa shape index (κ2) is 7.96. The van der Waals surface area contributed by atoms with Gasteiger partial charge < -0.3 is 9.84 Å². The molecule has 7 nitrogen and oxygen atoms in total. The predicted molar refractivity (Wildman–Crippen MR) is 111 cm³/mol. The van der Waals surface area contributed by atoms with Crippen LogP contribution in [-0.4, -0.2) is 33.9 Å². The van der Waals surface area contributed by atoms with Crippen molar-refractivity contribution in [3.63, 3.8) is 0 Å². The van der Waals surface area contributed by atoms with Crippen LogP contribution in [0.3, 0.4) is 0 Å². The van der Waals surface area contributed by atoms with Gasteiger partial charge >= 0.3 is 5.91 Å². The van der Waals surface area contributed by atoms with Gasteiger partial charge in [0.15, 0.2) is 0 Å². The van der Waals surface area contributed by atoms with Crippen LogP contribution in [0.5, 0.6) is 5.75 Å². The summed E-state index contributed by atoms with van der Waals surface area (Å²) in [7, 11) is 1.44. The summed E-state index contributed by atoms with van der Waals surface area (Å²) in [6, 6.07) is 12.2. The number of amides is 1. The van der Waals surface area contributed by atoms with Crippen molar-refractivity contribution in [2.45, 2.75) is 6.04 Å². The smallest absolute Gasteiger partial charge is 0.301 e. The van der Waals surface area contributed by atoms with Gasteiger partial charge in [0.2, 0.25) is 0 Å². The fourth-order valence-corrected chi connectivity index (χ4v) is 3.60. The minimum atomic E-state index is -0.919. The molecule has 4 rings (SSSR count). The van der Waals surface area contributed by atoms with Crippen molar-refractivity contribution in [2.75, 3.05) is 12.0 Å². The molecule has 8 heteroatoms. The molecule has 1 aliphatic rings. The highest BCUT2D eigenvalue weighted by molar-refractivity contribution is 6.51. The zero-order valence-electron chi connectivity index (χ0n) is 15.8. The molecule has 0 spiro atoms. The molecule has 1 atom stereocenters. The van der Waals surface area contributed by atoms with E-state index in [-0.39, 0.29) is 22.7 Å². The Hall–Kier alpha value is -3.71. The number of halogens is 1. The first-order valence-electron chi connectivity index (χ1n) is 8.98. The van der Waals surface area contributed by atoms with Gasteiger partial charge in [0.1, 0.15) is 17.3 Å². The molecule has 3 heterocycles. The van der Waals surface area contributed by atoms with Gasteiger partial charge in [-0.15, -0.1) is 0 Å². The fraction of sp³-hybridized carbons (Fsp3) is 0.0909. The second-order valence-corrected chi connectivity index (χ2v) is 6.92. The van der Waals surface area contributed by atoms with Crippen molar-refractivity contribution in [1.29, 1.82) is 0 Å². The molecule has 1 saturated heterocycles. The number of aromatic nitrogens is 2. The van der Waals surface area contributed by atoms with Crippen LogP contribution in [0, 0.1) is 0 Å². The van der Waals surface area contributed by atoms with Gasteiger partial charge in [-0.3, -0.25) is 19.5 Å². The third kappa shape index (κ3) is 3.29. The Balaban J connectivity index is 1.98. The molecule has 0 bridgehead atoms. The van der Waals surface area contributed by atoms with E-state index in [2.05, 4.69) is 9.97 Å². The average Bonchev–Trinajstić information content (AvgIpc) is 3.05. The minimum Gasteiger partial charge on any atom is -0.507 e. The van der Waals surface area contributed by atoms with Gasteiger partial charge in [0.05, 0.1) is 24.3 Å². The summed E-state index contributed by atoms with van der Waals surface area (Å²) in [6.45, 7) is 0. The lowest BCUT2D eigenvalue weighted by molar-refractivity contribution is -0.132. The molecule has 3 aromatic rings. The van der Waals surface area contributed by atoms with Crippen LogP contribution < -0.4 is 9.64 Å². The van der Waals surface area contributed by atoms with Crippen molar-refractivity contribution in [2.24, 2.45) is 0 Å². The minimum absolute atomic E-state index is 0.0979. The number of Topliss-reactive ketones (excluding diaryl/α,β-unsaturated/α-hetero) is 1.